The highest BCUT2D eigenvalue weighted by atomic mass is 16.3. The zero-order chi connectivity index (χ0) is 25.2. The maximum absolute atomic E-state index is 6.30. The van der Waals surface area contributed by atoms with Crippen LogP contribution in [0, 0.1) is 0 Å². The van der Waals surface area contributed by atoms with Gasteiger partial charge in [-0.3, -0.25) is 0 Å². The van der Waals surface area contributed by atoms with Gasteiger partial charge in [0.25, 0.3) is 0 Å². The average Bonchev–Trinajstić information content (AvgIpc) is 3.61. The lowest BCUT2D eigenvalue weighted by atomic mass is 10.0. The van der Waals surface area contributed by atoms with E-state index in [1.165, 1.54) is 59.9 Å². The normalized spacial score (nSPS) is 12.6. The molecular formula is C36H20N2O. The Labute approximate surface area is 222 Å². The lowest BCUT2D eigenvalue weighted by Crippen LogP contribution is -1.94. The molecule has 0 unspecified atom stereocenters. The fourth-order valence-corrected chi connectivity index (χ4v) is 7.12. The van der Waals surface area contributed by atoms with E-state index in [2.05, 4.69) is 118 Å². The highest BCUT2D eigenvalue weighted by Crippen LogP contribution is 2.44. The van der Waals surface area contributed by atoms with Crippen molar-refractivity contribution >= 4 is 81.8 Å². The van der Waals surface area contributed by atoms with Crippen LogP contribution in [0.4, 0.5) is 0 Å². The van der Waals surface area contributed by atoms with E-state index in [4.69, 9.17) is 4.42 Å². The molecule has 6 aromatic carbocycles. The molecular weight excluding hydrogens is 476 g/mol. The van der Waals surface area contributed by atoms with Crippen molar-refractivity contribution in [1.29, 1.82) is 0 Å². The summed E-state index contributed by atoms with van der Waals surface area (Å²) < 4.78 is 11.2. The lowest BCUT2D eigenvalue weighted by Gasteiger charge is -2.09. The van der Waals surface area contributed by atoms with Gasteiger partial charge >= 0.3 is 0 Å². The first kappa shape index (κ1) is 19.8. The molecule has 3 nitrogen and oxygen atoms in total. The van der Waals surface area contributed by atoms with E-state index in [1.54, 1.807) is 0 Å². The average molecular weight is 497 g/mol. The van der Waals surface area contributed by atoms with Crippen LogP contribution in [0.2, 0.25) is 0 Å². The summed E-state index contributed by atoms with van der Waals surface area (Å²) in [6.07, 6.45) is 0. The predicted molar refractivity (Wildman–Crippen MR) is 163 cm³/mol. The van der Waals surface area contributed by atoms with Crippen molar-refractivity contribution in [2.45, 2.75) is 0 Å². The highest BCUT2D eigenvalue weighted by Gasteiger charge is 2.21. The summed E-state index contributed by atoms with van der Waals surface area (Å²) >= 11 is 0. The molecule has 180 valence electrons. The van der Waals surface area contributed by atoms with Gasteiger partial charge in [-0.25, -0.2) is 0 Å². The third-order valence-electron chi connectivity index (χ3n) is 8.64. The smallest absolute Gasteiger partial charge is 0.137 e. The van der Waals surface area contributed by atoms with Crippen LogP contribution in [0.3, 0.4) is 0 Å². The topological polar surface area (TPSA) is 22.5 Å². The molecule has 0 spiro atoms. The Bertz CT molecular complexity index is 2610. The van der Waals surface area contributed by atoms with Gasteiger partial charge in [0.1, 0.15) is 11.2 Å². The van der Waals surface area contributed by atoms with Crippen molar-refractivity contribution in [3.05, 3.63) is 121 Å². The number of hydrogen-bond donors (Lipinski definition) is 0. The van der Waals surface area contributed by atoms with E-state index < -0.39 is 0 Å². The quantitative estimate of drug-likeness (QED) is 0.222. The standard InChI is InChI=1S/C36H20N2O/c1-3-13-28-22(8-1)26-11-5-12-27-25-10-6-14-29-34(25)35-30(15-7-16-31(35)38(28)36(26)27)37(29)21-18-19-24-23-9-2-4-17-32(23)39-33(24)20-21/h1-20H. The number of benzene rings is 6. The minimum atomic E-state index is 0.909. The van der Waals surface area contributed by atoms with Crippen molar-refractivity contribution in [1.82, 2.24) is 8.97 Å². The van der Waals surface area contributed by atoms with Gasteiger partial charge < -0.3 is 13.4 Å². The van der Waals surface area contributed by atoms with Gasteiger partial charge in [0, 0.05) is 49.5 Å². The van der Waals surface area contributed by atoms with E-state index >= 15 is 0 Å². The summed E-state index contributed by atoms with van der Waals surface area (Å²) in [6, 6.07) is 43.9. The summed E-state index contributed by atoms with van der Waals surface area (Å²) in [5.74, 6) is 0. The number of furan rings is 1. The molecule has 0 saturated heterocycles. The maximum Gasteiger partial charge on any atom is 0.137 e. The molecule has 0 bridgehead atoms. The van der Waals surface area contributed by atoms with Crippen LogP contribution in [0.1, 0.15) is 0 Å². The van der Waals surface area contributed by atoms with Crippen LogP contribution in [-0.4, -0.2) is 8.97 Å². The van der Waals surface area contributed by atoms with Crippen LogP contribution in [0.15, 0.2) is 126 Å². The third-order valence-corrected chi connectivity index (χ3v) is 8.64. The summed E-state index contributed by atoms with van der Waals surface area (Å²) in [7, 11) is 0. The molecule has 3 heteroatoms. The van der Waals surface area contributed by atoms with Crippen LogP contribution in [0.5, 0.6) is 0 Å². The minimum Gasteiger partial charge on any atom is -0.456 e. The van der Waals surface area contributed by atoms with E-state index in [0.29, 0.717) is 0 Å². The Morgan fingerprint density at radius 1 is 0.410 bits per heavy atom. The number of rotatable bonds is 1. The number of fused-ring (bicyclic) bond motifs is 8. The van der Waals surface area contributed by atoms with Crippen LogP contribution in [0.25, 0.3) is 87.5 Å². The van der Waals surface area contributed by atoms with Gasteiger partial charge in [-0.15, -0.1) is 0 Å². The predicted octanol–water partition coefficient (Wildman–Crippen LogP) is 9.83. The van der Waals surface area contributed by atoms with E-state index in [-0.39, 0.29) is 0 Å². The molecule has 0 amide bonds. The molecule has 0 atom stereocenters. The molecule has 0 N–H and O–H groups in total. The van der Waals surface area contributed by atoms with Crippen molar-refractivity contribution in [2.24, 2.45) is 0 Å². The number of aromatic nitrogens is 2. The fraction of sp³-hybridized carbons (Fsp3) is 0. The molecule has 0 aliphatic heterocycles. The Kier molecular flexibility index (Phi) is 3.44. The van der Waals surface area contributed by atoms with Crippen molar-refractivity contribution in [3.63, 3.8) is 0 Å². The van der Waals surface area contributed by atoms with Gasteiger partial charge in [-0.2, -0.15) is 0 Å². The SMILES string of the molecule is c1ccc2c(c1)oc1cc(-n3c4cccc5c6cccc7c8ccccc8n(c8cccc3c8c54)c67)ccc12. The lowest BCUT2D eigenvalue weighted by molar-refractivity contribution is 0.668. The Morgan fingerprint density at radius 2 is 1.03 bits per heavy atom. The molecule has 39 heavy (non-hydrogen) atoms. The van der Waals surface area contributed by atoms with E-state index in [9.17, 15) is 0 Å². The van der Waals surface area contributed by atoms with Crippen molar-refractivity contribution < 1.29 is 4.42 Å². The number of nitrogens with zero attached hydrogens (tertiary/aromatic N) is 2. The van der Waals surface area contributed by atoms with Crippen LogP contribution in [-0.2, 0) is 0 Å². The third kappa shape index (κ3) is 2.31. The molecule has 4 aromatic heterocycles. The first-order valence-corrected chi connectivity index (χ1v) is 13.4. The first-order chi connectivity index (χ1) is 19.4. The molecule has 4 heterocycles. The zero-order valence-corrected chi connectivity index (χ0v) is 20.8. The van der Waals surface area contributed by atoms with Gasteiger partial charge in [0.05, 0.1) is 27.6 Å². The summed E-state index contributed by atoms with van der Waals surface area (Å²) in [5.41, 5.74) is 9.09. The Hall–Kier alpha value is -5.28. The minimum absolute atomic E-state index is 0.909. The first-order valence-electron chi connectivity index (χ1n) is 13.4. The van der Waals surface area contributed by atoms with Gasteiger partial charge in [0.2, 0.25) is 0 Å². The van der Waals surface area contributed by atoms with Gasteiger partial charge in [0.15, 0.2) is 0 Å². The monoisotopic (exact) mass is 496 g/mol. The Balaban J connectivity index is 1.45. The number of hydrogen-bond acceptors (Lipinski definition) is 1. The fourth-order valence-electron chi connectivity index (χ4n) is 7.12. The second-order valence-corrected chi connectivity index (χ2v) is 10.5. The molecule has 0 aliphatic carbocycles. The van der Waals surface area contributed by atoms with Gasteiger partial charge in [-0.1, -0.05) is 72.8 Å². The van der Waals surface area contributed by atoms with Crippen molar-refractivity contribution in [3.8, 4) is 5.69 Å². The van der Waals surface area contributed by atoms with Crippen LogP contribution < -0.4 is 0 Å². The van der Waals surface area contributed by atoms with Crippen molar-refractivity contribution in [2.75, 3.05) is 0 Å². The van der Waals surface area contributed by atoms with Gasteiger partial charge in [-0.05, 0) is 47.9 Å². The van der Waals surface area contributed by atoms with E-state index in [0.717, 1.165) is 27.6 Å². The summed E-state index contributed by atoms with van der Waals surface area (Å²) in [5, 5.41) is 10.0. The van der Waals surface area contributed by atoms with E-state index in [1.807, 2.05) is 12.1 Å². The summed E-state index contributed by atoms with van der Waals surface area (Å²) in [6.45, 7) is 0. The molecule has 0 fully saturated rings. The molecule has 10 rings (SSSR count). The zero-order valence-electron chi connectivity index (χ0n) is 20.8. The second-order valence-electron chi connectivity index (χ2n) is 10.5. The largest absolute Gasteiger partial charge is 0.456 e. The second kappa shape index (κ2) is 6.77. The maximum atomic E-state index is 6.30. The molecule has 0 saturated carbocycles. The Morgan fingerprint density at radius 3 is 1.95 bits per heavy atom. The highest BCUT2D eigenvalue weighted by molar-refractivity contribution is 6.31. The molecule has 0 radical (unpaired) electrons. The van der Waals surface area contributed by atoms with Crippen LogP contribution >= 0.6 is 0 Å². The summed E-state index contributed by atoms with van der Waals surface area (Å²) in [4.78, 5) is 0. The number of para-hydroxylation sites is 3. The molecule has 10 aromatic rings. The molecule has 0 aliphatic rings.